The largest absolute Gasteiger partial charge is 0.434 e. The van der Waals surface area contributed by atoms with Crippen molar-refractivity contribution in [3.05, 3.63) is 59.1 Å². The van der Waals surface area contributed by atoms with Crippen LogP contribution in [0.5, 0.6) is 5.75 Å². The van der Waals surface area contributed by atoms with Gasteiger partial charge in [-0.25, -0.2) is 8.42 Å². The van der Waals surface area contributed by atoms with Crippen molar-refractivity contribution >= 4 is 39.3 Å². The molecule has 0 bridgehead atoms. The number of ether oxygens (including phenoxy) is 1. The molecule has 1 aliphatic rings. The van der Waals surface area contributed by atoms with Crippen molar-refractivity contribution in [1.29, 1.82) is 0 Å². The van der Waals surface area contributed by atoms with Gasteiger partial charge in [0.1, 0.15) is 10.6 Å². The summed E-state index contributed by atoms with van der Waals surface area (Å²) in [5, 5.41) is 2.61. The Morgan fingerprint density at radius 1 is 1.17 bits per heavy atom. The second kappa shape index (κ2) is 9.55. The maximum absolute atomic E-state index is 12.8. The van der Waals surface area contributed by atoms with Gasteiger partial charge in [-0.15, -0.1) is 0 Å². The van der Waals surface area contributed by atoms with Crippen LogP contribution in [0.15, 0.2) is 53.4 Å². The Morgan fingerprint density at radius 3 is 2.57 bits per heavy atom. The minimum absolute atomic E-state index is 0.0634. The molecule has 1 saturated heterocycles. The number of hydrogen-bond donors (Lipinski definition) is 1. The lowest BCUT2D eigenvalue weighted by molar-refractivity contribution is -0.111. The average Bonchev–Trinajstić information content (AvgIpc) is 3.24. The van der Waals surface area contributed by atoms with Gasteiger partial charge in [0.15, 0.2) is 0 Å². The Kier molecular flexibility index (Phi) is 7.06. The standard InChI is InChI=1S/C20H19ClF2N2O4S/c21-16-9-8-15(13-18(16)30(27,28)25-11-3-4-12-25)24-19(26)10-7-14-5-1-2-6-17(14)29-20(22)23/h1-2,5-10,13,20H,3-4,11-12H2,(H,24,26)/b10-7+. The van der Waals surface area contributed by atoms with E-state index in [4.69, 9.17) is 11.6 Å². The van der Waals surface area contributed by atoms with Crippen molar-refractivity contribution < 1.29 is 26.7 Å². The van der Waals surface area contributed by atoms with E-state index in [2.05, 4.69) is 10.1 Å². The summed E-state index contributed by atoms with van der Waals surface area (Å²) >= 11 is 6.09. The monoisotopic (exact) mass is 456 g/mol. The molecule has 160 valence electrons. The number of alkyl halides is 2. The summed E-state index contributed by atoms with van der Waals surface area (Å²) in [7, 11) is -3.76. The van der Waals surface area contributed by atoms with Crippen LogP contribution in [-0.2, 0) is 14.8 Å². The van der Waals surface area contributed by atoms with Gasteiger partial charge in [-0.05, 0) is 43.2 Å². The Labute approximate surface area is 178 Å². The highest BCUT2D eigenvalue weighted by Crippen LogP contribution is 2.29. The molecule has 10 heteroatoms. The number of rotatable bonds is 7. The summed E-state index contributed by atoms with van der Waals surface area (Å²) in [6.45, 7) is -2.13. The van der Waals surface area contributed by atoms with Gasteiger partial charge in [0, 0.05) is 30.4 Å². The molecule has 1 amide bonds. The first kappa shape index (κ1) is 22.2. The van der Waals surface area contributed by atoms with Crippen LogP contribution in [0, 0.1) is 0 Å². The predicted molar refractivity (Wildman–Crippen MR) is 110 cm³/mol. The third-order valence-corrected chi connectivity index (χ3v) is 6.81. The van der Waals surface area contributed by atoms with Crippen LogP contribution < -0.4 is 10.1 Å². The van der Waals surface area contributed by atoms with Crippen molar-refractivity contribution in [3.8, 4) is 5.75 Å². The summed E-state index contributed by atoms with van der Waals surface area (Å²) in [5.41, 5.74) is 0.533. The number of para-hydroxylation sites is 1. The van der Waals surface area contributed by atoms with E-state index in [0.717, 1.165) is 18.9 Å². The van der Waals surface area contributed by atoms with Gasteiger partial charge in [0.2, 0.25) is 15.9 Å². The summed E-state index contributed by atoms with van der Waals surface area (Å²) in [5.74, 6) is -0.643. The fourth-order valence-corrected chi connectivity index (χ4v) is 5.03. The summed E-state index contributed by atoms with van der Waals surface area (Å²) < 4.78 is 56.3. The zero-order chi connectivity index (χ0) is 21.7. The first-order chi connectivity index (χ1) is 14.3. The number of carbonyl (C=O) groups is 1. The molecule has 0 radical (unpaired) electrons. The van der Waals surface area contributed by atoms with E-state index in [9.17, 15) is 22.0 Å². The average molecular weight is 457 g/mol. The van der Waals surface area contributed by atoms with E-state index in [0.29, 0.717) is 18.7 Å². The van der Waals surface area contributed by atoms with Crippen LogP contribution in [0.3, 0.4) is 0 Å². The number of anilines is 1. The Hall–Kier alpha value is -2.49. The van der Waals surface area contributed by atoms with Crippen molar-refractivity contribution in [2.24, 2.45) is 0 Å². The maximum atomic E-state index is 12.8. The van der Waals surface area contributed by atoms with Gasteiger partial charge in [-0.3, -0.25) is 4.79 Å². The van der Waals surface area contributed by atoms with E-state index in [-0.39, 0.29) is 21.4 Å². The molecule has 3 rings (SSSR count). The van der Waals surface area contributed by atoms with Crippen LogP contribution in [0.1, 0.15) is 18.4 Å². The van der Waals surface area contributed by atoms with Crippen molar-refractivity contribution in [1.82, 2.24) is 4.31 Å². The quantitative estimate of drug-likeness (QED) is 0.627. The minimum Gasteiger partial charge on any atom is -0.434 e. The molecular weight excluding hydrogens is 438 g/mol. The van der Waals surface area contributed by atoms with E-state index in [1.807, 2.05) is 0 Å². The first-order valence-electron chi connectivity index (χ1n) is 9.10. The molecule has 1 heterocycles. The van der Waals surface area contributed by atoms with E-state index in [1.165, 1.54) is 46.8 Å². The second-order valence-corrected chi connectivity index (χ2v) is 8.81. The lowest BCUT2D eigenvalue weighted by Gasteiger charge is -2.17. The normalized spacial score (nSPS) is 15.1. The van der Waals surface area contributed by atoms with E-state index in [1.54, 1.807) is 6.07 Å². The number of nitrogens with one attached hydrogen (secondary N) is 1. The molecule has 0 spiro atoms. The predicted octanol–water partition coefficient (Wildman–Crippen LogP) is 4.38. The van der Waals surface area contributed by atoms with Gasteiger partial charge >= 0.3 is 6.61 Å². The highest BCUT2D eigenvalue weighted by Gasteiger charge is 2.29. The van der Waals surface area contributed by atoms with Crippen LogP contribution in [0.25, 0.3) is 6.08 Å². The van der Waals surface area contributed by atoms with Crippen molar-refractivity contribution in [2.75, 3.05) is 18.4 Å². The molecule has 2 aromatic carbocycles. The van der Waals surface area contributed by atoms with Crippen molar-refractivity contribution in [3.63, 3.8) is 0 Å². The molecular formula is C20H19ClF2N2O4S. The molecule has 0 unspecified atom stereocenters. The fraction of sp³-hybridized carbons (Fsp3) is 0.250. The number of nitrogens with zero attached hydrogens (tertiary/aromatic N) is 1. The molecule has 30 heavy (non-hydrogen) atoms. The third-order valence-electron chi connectivity index (χ3n) is 4.43. The second-order valence-electron chi connectivity index (χ2n) is 6.50. The van der Waals surface area contributed by atoms with Gasteiger partial charge < -0.3 is 10.1 Å². The Bertz CT molecular complexity index is 1050. The van der Waals surface area contributed by atoms with Crippen LogP contribution >= 0.6 is 11.6 Å². The minimum atomic E-state index is -3.76. The van der Waals surface area contributed by atoms with E-state index < -0.39 is 22.5 Å². The number of amides is 1. The van der Waals surface area contributed by atoms with E-state index >= 15 is 0 Å². The fourth-order valence-electron chi connectivity index (χ4n) is 3.02. The molecule has 1 N–H and O–H groups in total. The number of benzene rings is 2. The molecule has 1 aliphatic heterocycles. The lowest BCUT2D eigenvalue weighted by atomic mass is 10.2. The van der Waals surface area contributed by atoms with Crippen molar-refractivity contribution in [2.45, 2.75) is 24.3 Å². The molecule has 0 aliphatic carbocycles. The maximum Gasteiger partial charge on any atom is 0.387 e. The smallest absolute Gasteiger partial charge is 0.387 e. The summed E-state index contributed by atoms with van der Waals surface area (Å²) in [6.07, 6.45) is 4.03. The lowest BCUT2D eigenvalue weighted by Crippen LogP contribution is -2.28. The van der Waals surface area contributed by atoms with Gasteiger partial charge in [0.05, 0.1) is 5.02 Å². The first-order valence-corrected chi connectivity index (χ1v) is 10.9. The van der Waals surface area contributed by atoms with Crippen LogP contribution in [0.2, 0.25) is 5.02 Å². The number of sulfonamides is 1. The molecule has 6 nitrogen and oxygen atoms in total. The molecule has 2 aromatic rings. The molecule has 0 atom stereocenters. The molecule has 1 fully saturated rings. The van der Waals surface area contributed by atoms with Crippen LogP contribution in [-0.4, -0.2) is 38.3 Å². The zero-order valence-electron chi connectivity index (χ0n) is 15.7. The number of carbonyl (C=O) groups excluding carboxylic acids is 1. The summed E-state index contributed by atoms with van der Waals surface area (Å²) in [6, 6.07) is 10.2. The summed E-state index contributed by atoms with van der Waals surface area (Å²) in [4.78, 5) is 12.2. The van der Waals surface area contributed by atoms with Gasteiger partial charge in [0.25, 0.3) is 0 Å². The Morgan fingerprint density at radius 2 is 1.87 bits per heavy atom. The third kappa shape index (κ3) is 5.35. The highest BCUT2D eigenvalue weighted by atomic mass is 35.5. The topological polar surface area (TPSA) is 75.7 Å². The Balaban J connectivity index is 1.76. The molecule has 0 saturated carbocycles. The van der Waals surface area contributed by atoms with Gasteiger partial charge in [-0.2, -0.15) is 13.1 Å². The molecule has 0 aromatic heterocycles. The van der Waals surface area contributed by atoms with Crippen LogP contribution in [0.4, 0.5) is 14.5 Å². The zero-order valence-corrected chi connectivity index (χ0v) is 17.3. The number of hydrogen-bond acceptors (Lipinski definition) is 4. The number of halogens is 3. The van der Waals surface area contributed by atoms with Gasteiger partial charge in [-0.1, -0.05) is 29.8 Å². The highest BCUT2D eigenvalue weighted by molar-refractivity contribution is 7.89. The SMILES string of the molecule is O=C(/C=C/c1ccccc1OC(F)F)Nc1ccc(Cl)c(S(=O)(=O)N2CCCC2)c1.